The van der Waals surface area contributed by atoms with Crippen LogP contribution >= 0.6 is 11.3 Å². The molecule has 1 rings (SSSR count). The molecule has 1 aromatic rings. The maximum absolute atomic E-state index is 10.2. The van der Waals surface area contributed by atoms with E-state index in [9.17, 15) is 4.79 Å². The third-order valence-corrected chi connectivity index (χ3v) is 2.94. The molecule has 2 heteroatoms. The monoisotopic (exact) mass is 244 g/mol. The molecule has 0 saturated carbocycles. The van der Waals surface area contributed by atoms with Crippen LogP contribution in [0.15, 0.2) is 59.0 Å². The number of hydrogen-bond acceptors (Lipinski definition) is 2. The lowest BCUT2D eigenvalue weighted by atomic mass is 10.2. The Kier molecular flexibility index (Phi) is 5.97. The summed E-state index contributed by atoms with van der Waals surface area (Å²) in [5.41, 5.74) is 2.12. The summed E-state index contributed by atoms with van der Waals surface area (Å²) in [6.07, 6.45) is 12.4. The molecule has 0 aliphatic rings. The minimum Gasteiger partial charge on any atom is -0.299 e. The van der Waals surface area contributed by atoms with Crippen LogP contribution in [0.1, 0.15) is 18.7 Å². The first-order chi connectivity index (χ1) is 8.22. The van der Waals surface area contributed by atoms with Gasteiger partial charge < -0.3 is 0 Å². The Morgan fingerprint density at radius 1 is 1.18 bits per heavy atom. The normalized spacial score (nSPS) is 13.8. The summed E-state index contributed by atoms with van der Waals surface area (Å²) < 4.78 is 0. The van der Waals surface area contributed by atoms with Gasteiger partial charge >= 0.3 is 0 Å². The fraction of sp³-hybridized carbons (Fsp3) is 0.133. The molecule has 0 aromatic carbocycles. The maximum Gasteiger partial charge on any atom is 0.143 e. The Hall–Kier alpha value is -1.67. The number of thiophene rings is 1. The highest BCUT2D eigenvalue weighted by Crippen LogP contribution is 2.11. The first-order valence-corrected chi connectivity index (χ1v) is 6.29. The fourth-order valence-corrected chi connectivity index (χ4v) is 1.79. The second-order valence-electron chi connectivity index (χ2n) is 3.67. The van der Waals surface area contributed by atoms with Crippen molar-refractivity contribution in [2.45, 2.75) is 13.8 Å². The molecule has 1 heterocycles. The van der Waals surface area contributed by atoms with Crippen molar-refractivity contribution in [1.29, 1.82) is 0 Å². The van der Waals surface area contributed by atoms with Gasteiger partial charge in [0.15, 0.2) is 0 Å². The number of rotatable bonds is 5. The molecule has 0 fully saturated rings. The Bertz CT molecular complexity index is 459. The zero-order valence-corrected chi connectivity index (χ0v) is 10.9. The molecule has 17 heavy (non-hydrogen) atoms. The van der Waals surface area contributed by atoms with E-state index in [0.717, 1.165) is 11.9 Å². The minimum absolute atomic E-state index is 0.799. The molecule has 0 spiro atoms. The molecule has 0 saturated heterocycles. The van der Waals surface area contributed by atoms with E-state index in [1.54, 1.807) is 17.4 Å². The predicted octanol–water partition coefficient (Wildman–Crippen LogP) is 4.41. The molecule has 88 valence electrons. The average molecular weight is 244 g/mol. The van der Waals surface area contributed by atoms with Crippen molar-refractivity contribution < 1.29 is 4.79 Å². The van der Waals surface area contributed by atoms with E-state index in [0.29, 0.717) is 0 Å². The van der Waals surface area contributed by atoms with Crippen molar-refractivity contribution in [1.82, 2.24) is 0 Å². The molecule has 0 radical (unpaired) electrons. The third kappa shape index (κ3) is 5.83. The summed E-state index contributed by atoms with van der Waals surface area (Å²) in [7, 11) is 0. The fourth-order valence-electron chi connectivity index (χ4n) is 1.17. The highest BCUT2D eigenvalue weighted by atomic mass is 32.1. The zero-order chi connectivity index (χ0) is 12.5. The number of allylic oxidation sites excluding steroid dienone is 7. The predicted molar refractivity (Wildman–Crippen MR) is 76.1 cm³/mol. The van der Waals surface area contributed by atoms with Crippen LogP contribution in [0.3, 0.4) is 0 Å². The Labute approximate surface area is 106 Å². The summed E-state index contributed by atoms with van der Waals surface area (Å²) in [6, 6.07) is 4.12. The van der Waals surface area contributed by atoms with Gasteiger partial charge in [-0.2, -0.15) is 0 Å². The standard InChI is InChI=1S/C15H16OS/c1-13(5-3-6-14(2)10-11-16)8-9-15-7-4-12-17-15/h3-12H,1-2H3/b6-3+,9-8+,13-5+,14-10+. The Morgan fingerprint density at radius 2 is 1.94 bits per heavy atom. The Morgan fingerprint density at radius 3 is 2.59 bits per heavy atom. The molecule has 0 unspecified atom stereocenters. The molecular formula is C15H16OS. The summed E-state index contributed by atoms with van der Waals surface area (Å²) in [6.45, 7) is 3.95. The lowest BCUT2D eigenvalue weighted by Crippen LogP contribution is -1.70. The topological polar surface area (TPSA) is 17.1 Å². The van der Waals surface area contributed by atoms with Crippen molar-refractivity contribution >= 4 is 23.7 Å². The van der Waals surface area contributed by atoms with Gasteiger partial charge in [-0.05, 0) is 43.0 Å². The van der Waals surface area contributed by atoms with Gasteiger partial charge in [0.2, 0.25) is 0 Å². The largest absolute Gasteiger partial charge is 0.299 e. The van der Waals surface area contributed by atoms with Gasteiger partial charge in [0.25, 0.3) is 0 Å². The van der Waals surface area contributed by atoms with Crippen molar-refractivity contribution in [3.05, 3.63) is 63.9 Å². The van der Waals surface area contributed by atoms with Crippen molar-refractivity contribution in [3.63, 3.8) is 0 Å². The van der Waals surface area contributed by atoms with Crippen LogP contribution in [0.4, 0.5) is 0 Å². The van der Waals surface area contributed by atoms with Gasteiger partial charge in [-0.3, -0.25) is 4.79 Å². The first-order valence-electron chi connectivity index (χ1n) is 5.41. The lowest BCUT2D eigenvalue weighted by Gasteiger charge is -1.89. The van der Waals surface area contributed by atoms with E-state index in [4.69, 9.17) is 0 Å². The number of aldehydes is 1. The van der Waals surface area contributed by atoms with Gasteiger partial charge in [-0.1, -0.05) is 35.9 Å². The highest BCUT2D eigenvalue weighted by molar-refractivity contribution is 7.10. The quantitative estimate of drug-likeness (QED) is 0.426. The van der Waals surface area contributed by atoms with E-state index < -0.39 is 0 Å². The van der Waals surface area contributed by atoms with Gasteiger partial charge in [0.05, 0.1) is 0 Å². The molecule has 0 bridgehead atoms. The van der Waals surface area contributed by atoms with Crippen molar-refractivity contribution in [3.8, 4) is 0 Å². The molecule has 0 N–H and O–H groups in total. The van der Waals surface area contributed by atoms with Crippen LogP contribution in [0.5, 0.6) is 0 Å². The summed E-state index contributed by atoms with van der Waals surface area (Å²) in [5.74, 6) is 0. The molecule has 0 aliphatic carbocycles. The molecule has 1 nitrogen and oxygen atoms in total. The summed E-state index contributed by atoms with van der Waals surface area (Å²) in [5, 5.41) is 2.06. The van der Waals surface area contributed by atoms with Crippen LogP contribution in [-0.2, 0) is 4.79 Å². The molecule has 0 amide bonds. The van der Waals surface area contributed by atoms with Crippen LogP contribution in [-0.4, -0.2) is 6.29 Å². The van der Waals surface area contributed by atoms with Gasteiger partial charge in [-0.15, -0.1) is 11.3 Å². The molecular weight excluding hydrogens is 228 g/mol. The molecule has 0 atom stereocenters. The van der Waals surface area contributed by atoms with Crippen LogP contribution in [0.2, 0.25) is 0 Å². The SMILES string of the molecule is CC(/C=C/C=C(C)/C=C/c1cccs1)=C\C=O. The number of carbonyl (C=O) groups is 1. The lowest BCUT2D eigenvalue weighted by molar-refractivity contribution is -0.104. The Balaban J connectivity index is 2.55. The second kappa shape index (κ2) is 7.58. The van der Waals surface area contributed by atoms with E-state index >= 15 is 0 Å². The number of carbonyl (C=O) groups excluding carboxylic acids is 1. The summed E-state index contributed by atoms with van der Waals surface area (Å²) >= 11 is 1.72. The van der Waals surface area contributed by atoms with Gasteiger partial charge in [-0.25, -0.2) is 0 Å². The number of hydrogen-bond donors (Lipinski definition) is 0. The van der Waals surface area contributed by atoms with Crippen molar-refractivity contribution in [2.24, 2.45) is 0 Å². The van der Waals surface area contributed by atoms with E-state index in [2.05, 4.69) is 23.6 Å². The van der Waals surface area contributed by atoms with Crippen LogP contribution in [0.25, 0.3) is 6.08 Å². The molecule has 1 aromatic heterocycles. The first kappa shape index (κ1) is 13.4. The minimum atomic E-state index is 0.799. The van der Waals surface area contributed by atoms with Crippen LogP contribution < -0.4 is 0 Å². The highest BCUT2D eigenvalue weighted by Gasteiger charge is 1.85. The molecule has 0 aliphatic heterocycles. The van der Waals surface area contributed by atoms with Gasteiger partial charge in [0.1, 0.15) is 6.29 Å². The van der Waals surface area contributed by atoms with E-state index in [1.807, 2.05) is 38.1 Å². The maximum atomic E-state index is 10.2. The van der Waals surface area contributed by atoms with Crippen LogP contribution in [0, 0.1) is 0 Å². The van der Waals surface area contributed by atoms with E-state index in [-0.39, 0.29) is 0 Å². The average Bonchev–Trinajstić information content (AvgIpc) is 2.79. The third-order valence-electron chi connectivity index (χ3n) is 2.10. The zero-order valence-electron chi connectivity index (χ0n) is 10.1. The van der Waals surface area contributed by atoms with E-state index in [1.165, 1.54) is 10.5 Å². The van der Waals surface area contributed by atoms with Crippen molar-refractivity contribution in [2.75, 3.05) is 0 Å². The summed E-state index contributed by atoms with van der Waals surface area (Å²) in [4.78, 5) is 11.5. The van der Waals surface area contributed by atoms with Gasteiger partial charge in [0, 0.05) is 4.88 Å². The second-order valence-corrected chi connectivity index (χ2v) is 4.64. The smallest absolute Gasteiger partial charge is 0.143 e.